The minimum Gasteiger partial charge on any atom is -0.404 e. The quantitative estimate of drug-likeness (QED) is 0.523. The van der Waals surface area contributed by atoms with Gasteiger partial charge in [0, 0.05) is 6.26 Å². The Labute approximate surface area is 51.6 Å². The van der Waals surface area contributed by atoms with Crippen molar-refractivity contribution >= 4 is 9.84 Å². The fourth-order valence-corrected chi connectivity index (χ4v) is 0.669. The molecule has 0 saturated heterocycles. The minimum absolute atomic E-state index is 0.400. The molecule has 0 atom stereocenters. The van der Waals surface area contributed by atoms with E-state index in [1.807, 2.05) is 6.39 Å². The maximum absolute atomic E-state index is 10.5. The minimum atomic E-state index is -3.33. The van der Waals surface area contributed by atoms with Crippen molar-refractivity contribution in [2.75, 3.05) is 6.26 Å². The van der Waals surface area contributed by atoms with Gasteiger partial charge in [-0.05, 0) is 0 Å². The summed E-state index contributed by atoms with van der Waals surface area (Å²) in [5.41, 5.74) is 0. The Morgan fingerprint density at radius 3 is 2.56 bits per heavy atom. The smallest absolute Gasteiger partial charge is 0.335 e. The maximum atomic E-state index is 10.5. The second-order valence-corrected chi connectivity index (χ2v) is 3.32. The number of nitrogens with zero attached hydrogens (tertiary/aromatic N) is 2. The first-order chi connectivity index (χ1) is 4.11. The molecule has 49 valence electrons. The summed E-state index contributed by atoms with van der Waals surface area (Å²) in [5.74, 6) is 0. The number of rotatable bonds is 1. The fraction of sp³-hybridized carbons (Fsp3) is 0.333. The van der Waals surface area contributed by atoms with Crippen LogP contribution < -0.4 is 0 Å². The Morgan fingerprint density at radius 2 is 2.33 bits per heavy atom. The summed E-state index contributed by atoms with van der Waals surface area (Å²) < 4.78 is 25.2. The first kappa shape index (κ1) is 6.21. The van der Waals surface area contributed by atoms with Crippen LogP contribution in [0.15, 0.2) is 9.64 Å². The zero-order valence-electron chi connectivity index (χ0n) is 4.53. The van der Waals surface area contributed by atoms with Crippen LogP contribution in [0, 0.1) is 6.39 Å². The van der Waals surface area contributed by atoms with Gasteiger partial charge in [-0.1, -0.05) is 5.10 Å². The molecule has 0 aliphatic carbocycles. The van der Waals surface area contributed by atoms with Crippen molar-refractivity contribution in [3.8, 4) is 0 Å². The second-order valence-electron chi connectivity index (χ2n) is 1.43. The van der Waals surface area contributed by atoms with Gasteiger partial charge in [-0.3, -0.25) is 0 Å². The molecule has 0 saturated carbocycles. The molecule has 1 radical (unpaired) electrons. The van der Waals surface area contributed by atoms with Crippen LogP contribution in [-0.4, -0.2) is 24.9 Å². The van der Waals surface area contributed by atoms with E-state index in [4.69, 9.17) is 0 Å². The normalized spacial score (nSPS) is 11.7. The van der Waals surface area contributed by atoms with Gasteiger partial charge in [0.15, 0.2) is 0 Å². The van der Waals surface area contributed by atoms with Gasteiger partial charge in [0.25, 0.3) is 0 Å². The highest BCUT2D eigenvalue weighted by Gasteiger charge is 2.12. The summed E-state index contributed by atoms with van der Waals surface area (Å²) in [6.45, 7) is 0. The Bertz CT molecular complexity index is 274. The van der Waals surface area contributed by atoms with E-state index in [0.717, 1.165) is 6.26 Å². The third kappa shape index (κ3) is 1.26. The van der Waals surface area contributed by atoms with Crippen molar-refractivity contribution in [2.45, 2.75) is 5.22 Å². The highest BCUT2D eigenvalue weighted by Crippen LogP contribution is 1.99. The van der Waals surface area contributed by atoms with E-state index in [9.17, 15) is 8.42 Å². The molecule has 0 aromatic carbocycles. The van der Waals surface area contributed by atoms with Crippen LogP contribution in [0.4, 0.5) is 0 Å². The van der Waals surface area contributed by atoms with Crippen LogP contribution in [-0.2, 0) is 9.84 Å². The lowest BCUT2D eigenvalue weighted by Gasteiger charge is -1.82. The summed E-state index contributed by atoms with van der Waals surface area (Å²) in [6.07, 6.45) is 2.90. The van der Waals surface area contributed by atoms with Crippen molar-refractivity contribution < 1.29 is 12.8 Å². The van der Waals surface area contributed by atoms with E-state index in [2.05, 4.69) is 14.6 Å². The van der Waals surface area contributed by atoms with E-state index < -0.39 is 15.1 Å². The highest BCUT2D eigenvalue weighted by atomic mass is 32.2. The third-order valence-electron chi connectivity index (χ3n) is 0.623. The number of hydrogen-bond acceptors (Lipinski definition) is 5. The molecule has 0 fully saturated rings. The molecule has 0 amide bonds. The van der Waals surface area contributed by atoms with E-state index in [0.29, 0.717) is 0 Å². The Morgan fingerprint density at radius 1 is 1.67 bits per heavy atom. The molecule has 1 aromatic rings. The largest absolute Gasteiger partial charge is 0.404 e. The molecular formula is C3H3N2O3S. The average molecular weight is 147 g/mol. The maximum Gasteiger partial charge on any atom is 0.335 e. The first-order valence-electron chi connectivity index (χ1n) is 2.00. The summed E-state index contributed by atoms with van der Waals surface area (Å²) in [5, 5.41) is 5.79. The third-order valence-corrected chi connectivity index (χ3v) is 1.42. The molecular weight excluding hydrogens is 144 g/mol. The van der Waals surface area contributed by atoms with E-state index in [1.165, 1.54) is 0 Å². The van der Waals surface area contributed by atoms with Crippen LogP contribution in [0.1, 0.15) is 0 Å². The predicted octanol–water partition coefficient (Wildman–Crippen LogP) is -0.727. The van der Waals surface area contributed by atoms with Gasteiger partial charge in [0.2, 0.25) is 9.84 Å². The average Bonchev–Trinajstić information content (AvgIpc) is 2.08. The molecule has 0 aliphatic heterocycles. The van der Waals surface area contributed by atoms with Crippen molar-refractivity contribution in [2.24, 2.45) is 0 Å². The van der Waals surface area contributed by atoms with Crippen LogP contribution in [0.25, 0.3) is 0 Å². The Kier molecular flexibility index (Phi) is 1.24. The van der Waals surface area contributed by atoms with Crippen LogP contribution in [0.2, 0.25) is 0 Å². The van der Waals surface area contributed by atoms with Gasteiger partial charge in [0.1, 0.15) is 0 Å². The summed E-state index contributed by atoms with van der Waals surface area (Å²) in [6, 6.07) is 0. The zero-order valence-corrected chi connectivity index (χ0v) is 5.34. The molecule has 0 N–H and O–H groups in total. The number of hydrogen-bond donors (Lipinski definition) is 0. The van der Waals surface area contributed by atoms with Crippen molar-refractivity contribution in [1.29, 1.82) is 0 Å². The molecule has 6 heteroatoms. The van der Waals surface area contributed by atoms with Gasteiger partial charge < -0.3 is 4.42 Å². The van der Waals surface area contributed by atoms with Gasteiger partial charge in [-0.25, -0.2) is 8.42 Å². The lowest BCUT2D eigenvalue weighted by molar-refractivity contribution is 0.425. The topological polar surface area (TPSA) is 73.1 Å². The molecule has 5 nitrogen and oxygen atoms in total. The monoisotopic (exact) mass is 147 g/mol. The van der Waals surface area contributed by atoms with Gasteiger partial charge in [0.05, 0.1) is 0 Å². The lowest BCUT2D eigenvalue weighted by Crippen LogP contribution is -1.96. The Hall–Kier alpha value is -0.910. The molecule has 1 rings (SSSR count). The summed E-state index contributed by atoms with van der Waals surface area (Å²) in [7, 11) is -3.33. The highest BCUT2D eigenvalue weighted by molar-refractivity contribution is 7.90. The van der Waals surface area contributed by atoms with Gasteiger partial charge in [-0.2, -0.15) is 0 Å². The molecule has 1 aromatic heterocycles. The standard InChI is InChI=1S/C3H3N2O3S/c1-9(6,7)3-5-4-2-8-3/h1H3. The summed E-state index contributed by atoms with van der Waals surface area (Å²) in [4.78, 5) is 0. The van der Waals surface area contributed by atoms with Crippen molar-refractivity contribution in [3.63, 3.8) is 0 Å². The SMILES string of the molecule is CS(=O)(=O)c1nn[c]o1. The van der Waals surface area contributed by atoms with Gasteiger partial charge >= 0.3 is 11.6 Å². The molecule has 0 aliphatic rings. The number of aromatic nitrogens is 2. The Balaban J connectivity index is 3.20. The second kappa shape index (κ2) is 1.80. The van der Waals surface area contributed by atoms with Crippen LogP contribution >= 0.6 is 0 Å². The molecule has 0 spiro atoms. The van der Waals surface area contributed by atoms with E-state index in [1.54, 1.807) is 0 Å². The van der Waals surface area contributed by atoms with Crippen molar-refractivity contribution in [1.82, 2.24) is 10.2 Å². The van der Waals surface area contributed by atoms with Crippen LogP contribution in [0.3, 0.4) is 0 Å². The lowest BCUT2D eigenvalue weighted by atomic mass is 11.5. The van der Waals surface area contributed by atoms with E-state index >= 15 is 0 Å². The molecule has 0 unspecified atom stereocenters. The predicted molar refractivity (Wildman–Crippen MR) is 26.2 cm³/mol. The summed E-state index contributed by atoms with van der Waals surface area (Å²) >= 11 is 0. The van der Waals surface area contributed by atoms with Gasteiger partial charge in [-0.15, -0.1) is 5.10 Å². The van der Waals surface area contributed by atoms with E-state index in [-0.39, 0.29) is 0 Å². The first-order valence-corrected chi connectivity index (χ1v) is 3.89. The fourth-order valence-electron chi connectivity index (χ4n) is 0.291. The molecule has 0 bridgehead atoms. The van der Waals surface area contributed by atoms with Crippen molar-refractivity contribution in [3.05, 3.63) is 6.39 Å². The van der Waals surface area contributed by atoms with Crippen LogP contribution in [0.5, 0.6) is 0 Å². The molecule has 9 heavy (non-hydrogen) atoms. The molecule has 1 heterocycles. The zero-order chi connectivity index (χ0) is 6.91. The number of sulfone groups is 1.